The van der Waals surface area contributed by atoms with Crippen molar-refractivity contribution in [1.29, 1.82) is 0 Å². The summed E-state index contributed by atoms with van der Waals surface area (Å²) in [6, 6.07) is 12.2. The zero-order chi connectivity index (χ0) is 20.2. The van der Waals surface area contributed by atoms with Gasteiger partial charge in [0.15, 0.2) is 5.96 Å². The molecular formula is C22H36IN5O. The van der Waals surface area contributed by atoms with Crippen LogP contribution in [0.5, 0.6) is 0 Å². The zero-order valence-electron chi connectivity index (χ0n) is 17.9. The average molecular weight is 513 g/mol. The van der Waals surface area contributed by atoms with Crippen LogP contribution in [0, 0.1) is 5.41 Å². The van der Waals surface area contributed by atoms with Crippen LogP contribution in [0.15, 0.2) is 41.4 Å². The van der Waals surface area contributed by atoms with Gasteiger partial charge in [-0.2, -0.15) is 0 Å². The topological polar surface area (TPSA) is 81.6 Å². The van der Waals surface area contributed by atoms with Gasteiger partial charge in [-0.3, -0.25) is 4.99 Å². The molecular weight excluding hydrogens is 477 g/mol. The fraction of sp³-hybridized carbons (Fsp3) is 0.545. The minimum atomic E-state index is 0. The molecule has 0 amide bonds. The van der Waals surface area contributed by atoms with Crippen LogP contribution in [0.2, 0.25) is 0 Å². The Kier molecular flexibility index (Phi) is 11.9. The number of aromatic nitrogens is 1. The Hall–Kier alpha value is -1.61. The molecule has 0 aliphatic rings. The number of guanidine groups is 1. The lowest BCUT2D eigenvalue weighted by molar-refractivity contribution is 0.175. The van der Waals surface area contributed by atoms with Gasteiger partial charge < -0.3 is 21.1 Å². The number of hydrogen-bond donors (Lipinski definition) is 4. The van der Waals surface area contributed by atoms with Crippen LogP contribution in [0.1, 0.15) is 40.0 Å². The SMILES string of the molecule is CCNC(=NCC(CC)(CC)CCO)NCCNc1ccc2ccccc2n1.I. The number of nitrogens with one attached hydrogen (secondary N) is 3. The molecule has 0 aliphatic heterocycles. The van der Waals surface area contributed by atoms with Crippen LogP contribution in [-0.4, -0.2) is 48.8 Å². The Bertz CT molecular complexity index is 749. The summed E-state index contributed by atoms with van der Waals surface area (Å²) in [6.07, 6.45) is 2.82. The molecule has 0 unspecified atom stereocenters. The van der Waals surface area contributed by atoms with Crippen LogP contribution >= 0.6 is 24.0 Å². The number of anilines is 1. The maximum absolute atomic E-state index is 9.39. The summed E-state index contributed by atoms with van der Waals surface area (Å²) in [5.74, 6) is 1.70. The molecule has 0 fully saturated rings. The summed E-state index contributed by atoms with van der Waals surface area (Å²) in [5, 5.41) is 20.6. The van der Waals surface area contributed by atoms with Crippen LogP contribution in [0.4, 0.5) is 5.82 Å². The quantitative estimate of drug-likeness (QED) is 0.158. The fourth-order valence-electron chi connectivity index (χ4n) is 3.27. The third-order valence-electron chi connectivity index (χ3n) is 5.38. The zero-order valence-corrected chi connectivity index (χ0v) is 20.2. The van der Waals surface area contributed by atoms with Crippen molar-refractivity contribution < 1.29 is 5.11 Å². The summed E-state index contributed by atoms with van der Waals surface area (Å²) in [4.78, 5) is 9.40. The van der Waals surface area contributed by atoms with Crippen LogP contribution in [0.3, 0.4) is 0 Å². The van der Waals surface area contributed by atoms with Crippen molar-refractivity contribution in [3.8, 4) is 0 Å². The first-order valence-electron chi connectivity index (χ1n) is 10.4. The number of pyridine rings is 1. The molecule has 29 heavy (non-hydrogen) atoms. The lowest BCUT2D eigenvalue weighted by Gasteiger charge is -2.29. The second-order valence-electron chi connectivity index (χ2n) is 7.12. The molecule has 0 atom stereocenters. The number of aliphatic imine (C=N–C) groups is 1. The van der Waals surface area contributed by atoms with E-state index >= 15 is 0 Å². The van der Waals surface area contributed by atoms with Gasteiger partial charge in [0.05, 0.1) is 5.52 Å². The van der Waals surface area contributed by atoms with E-state index in [9.17, 15) is 5.11 Å². The van der Waals surface area contributed by atoms with Gasteiger partial charge in [-0.25, -0.2) is 4.98 Å². The van der Waals surface area contributed by atoms with E-state index in [4.69, 9.17) is 4.99 Å². The predicted octanol–water partition coefficient (Wildman–Crippen LogP) is 4.01. The van der Waals surface area contributed by atoms with E-state index in [-0.39, 0.29) is 36.0 Å². The Morgan fingerprint density at radius 2 is 1.79 bits per heavy atom. The summed E-state index contributed by atoms with van der Waals surface area (Å²) in [7, 11) is 0. The summed E-state index contributed by atoms with van der Waals surface area (Å²) in [6.45, 7) is 9.65. The van der Waals surface area contributed by atoms with Crippen LogP contribution < -0.4 is 16.0 Å². The third kappa shape index (κ3) is 7.97. The summed E-state index contributed by atoms with van der Waals surface area (Å²) >= 11 is 0. The van der Waals surface area contributed by atoms with Crippen LogP contribution in [0.25, 0.3) is 10.9 Å². The minimum Gasteiger partial charge on any atom is -0.396 e. The number of benzene rings is 1. The Morgan fingerprint density at radius 1 is 1.03 bits per heavy atom. The number of halogens is 1. The number of aliphatic hydroxyl groups is 1. The highest BCUT2D eigenvalue weighted by atomic mass is 127. The van der Waals surface area contributed by atoms with Gasteiger partial charge in [0.1, 0.15) is 5.82 Å². The molecule has 6 nitrogen and oxygen atoms in total. The molecule has 0 radical (unpaired) electrons. The molecule has 1 aromatic carbocycles. The number of rotatable bonds is 11. The van der Waals surface area contributed by atoms with Gasteiger partial charge in [0.25, 0.3) is 0 Å². The number of hydrogen-bond acceptors (Lipinski definition) is 4. The van der Waals surface area contributed by atoms with E-state index in [1.54, 1.807) is 0 Å². The Labute approximate surface area is 192 Å². The fourth-order valence-corrected chi connectivity index (χ4v) is 3.27. The van der Waals surface area contributed by atoms with Crippen molar-refractivity contribution in [2.75, 3.05) is 38.1 Å². The van der Waals surface area contributed by atoms with E-state index in [2.05, 4.69) is 53.8 Å². The average Bonchev–Trinajstić information content (AvgIpc) is 2.74. The second kappa shape index (κ2) is 13.6. The molecule has 4 N–H and O–H groups in total. The molecule has 2 rings (SSSR count). The number of fused-ring (bicyclic) bond motifs is 1. The normalized spacial score (nSPS) is 11.8. The van der Waals surface area contributed by atoms with Gasteiger partial charge >= 0.3 is 0 Å². The molecule has 0 bridgehead atoms. The molecule has 162 valence electrons. The van der Waals surface area contributed by atoms with Gasteiger partial charge in [-0.1, -0.05) is 32.0 Å². The van der Waals surface area contributed by atoms with Crippen molar-refractivity contribution in [3.63, 3.8) is 0 Å². The highest BCUT2D eigenvalue weighted by Crippen LogP contribution is 2.30. The van der Waals surface area contributed by atoms with Crippen molar-refractivity contribution in [2.24, 2.45) is 10.4 Å². The van der Waals surface area contributed by atoms with Gasteiger partial charge in [0, 0.05) is 38.2 Å². The first-order valence-corrected chi connectivity index (χ1v) is 10.4. The molecule has 1 aromatic heterocycles. The number of nitrogens with zero attached hydrogens (tertiary/aromatic N) is 2. The Balaban J connectivity index is 0.00000420. The largest absolute Gasteiger partial charge is 0.396 e. The van der Waals surface area contributed by atoms with E-state index in [1.807, 2.05) is 24.3 Å². The monoisotopic (exact) mass is 513 g/mol. The molecule has 7 heteroatoms. The molecule has 2 aromatic rings. The van der Waals surface area contributed by atoms with Gasteiger partial charge in [0.2, 0.25) is 0 Å². The molecule has 0 saturated carbocycles. The standard InChI is InChI=1S/C22H35N5O.HI/c1-4-22(5-2,13-16-28)17-26-21(23-6-3)25-15-14-24-20-12-11-18-9-7-8-10-19(18)27-20;/h7-12,28H,4-6,13-17H2,1-3H3,(H,24,27)(H2,23,25,26);1H. The summed E-state index contributed by atoms with van der Waals surface area (Å²) in [5.41, 5.74) is 1.07. The summed E-state index contributed by atoms with van der Waals surface area (Å²) < 4.78 is 0. The lowest BCUT2D eigenvalue weighted by Crippen LogP contribution is -2.40. The highest BCUT2D eigenvalue weighted by molar-refractivity contribution is 14.0. The molecule has 0 aliphatic carbocycles. The maximum atomic E-state index is 9.39. The third-order valence-corrected chi connectivity index (χ3v) is 5.38. The number of para-hydroxylation sites is 1. The molecule has 0 spiro atoms. The maximum Gasteiger partial charge on any atom is 0.191 e. The molecule has 1 heterocycles. The highest BCUT2D eigenvalue weighted by Gasteiger charge is 2.25. The van der Waals surface area contributed by atoms with Gasteiger partial charge in [-0.05, 0) is 49.8 Å². The Morgan fingerprint density at radius 3 is 2.48 bits per heavy atom. The van der Waals surface area contributed by atoms with E-state index in [0.29, 0.717) is 0 Å². The second-order valence-corrected chi connectivity index (χ2v) is 7.12. The van der Waals surface area contributed by atoms with Gasteiger partial charge in [-0.15, -0.1) is 24.0 Å². The lowest BCUT2D eigenvalue weighted by atomic mass is 9.79. The first-order chi connectivity index (χ1) is 13.7. The van der Waals surface area contributed by atoms with E-state index < -0.39 is 0 Å². The van der Waals surface area contributed by atoms with Crippen molar-refractivity contribution in [2.45, 2.75) is 40.0 Å². The molecule has 0 saturated heterocycles. The van der Waals surface area contributed by atoms with Crippen molar-refractivity contribution in [3.05, 3.63) is 36.4 Å². The first kappa shape index (κ1) is 25.4. The van der Waals surface area contributed by atoms with Crippen molar-refractivity contribution in [1.82, 2.24) is 15.6 Å². The van der Waals surface area contributed by atoms with Crippen molar-refractivity contribution >= 4 is 46.7 Å². The van der Waals surface area contributed by atoms with E-state index in [0.717, 1.165) is 68.1 Å². The minimum absolute atomic E-state index is 0. The smallest absolute Gasteiger partial charge is 0.191 e. The van der Waals surface area contributed by atoms with E-state index in [1.165, 1.54) is 0 Å². The number of aliphatic hydroxyl groups excluding tert-OH is 1. The van der Waals surface area contributed by atoms with Crippen LogP contribution in [-0.2, 0) is 0 Å². The predicted molar refractivity (Wildman–Crippen MR) is 134 cm³/mol.